The van der Waals surface area contributed by atoms with Crippen LogP contribution in [0.3, 0.4) is 0 Å². The minimum atomic E-state index is 0.511. The van der Waals surface area contributed by atoms with Gasteiger partial charge in [0.15, 0.2) is 0 Å². The zero-order valence-electron chi connectivity index (χ0n) is 13.4. The first kappa shape index (κ1) is 15.6. The normalized spacial score (nSPS) is 10.9. The van der Waals surface area contributed by atoms with E-state index in [9.17, 15) is 0 Å². The summed E-state index contributed by atoms with van der Waals surface area (Å²) in [6.45, 7) is 10.5. The van der Waals surface area contributed by atoms with E-state index in [0.717, 1.165) is 24.6 Å². The predicted octanol–water partition coefficient (Wildman–Crippen LogP) is 5.02. The molecular formula is C19H25NO. The highest BCUT2D eigenvalue weighted by atomic mass is 16.5. The second-order valence-corrected chi connectivity index (χ2v) is 5.71. The van der Waals surface area contributed by atoms with E-state index in [0.29, 0.717) is 5.92 Å². The summed E-state index contributed by atoms with van der Waals surface area (Å²) >= 11 is 0. The van der Waals surface area contributed by atoms with Crippen LogP contribution in [0.2, 0.25) is 0 Å². The molecule has 0 aromatic heterocycles. The fraction of sp³-hybridized carbons (Fsp3) is 0.368. The average Bonchev–Trinajstić information content (AvgIpc) is 2.48. The molecule has 2 rings (SSSR count). The van der Waals surface area contributed by atoms with E-state index in [4.69, 9.17) is 4.74 Å². The molecule has 2 nitrogen and oxygen atoms in total. The maximum absolute atomic E-state index is 6.04. The number of hydrogen-bond acceptors (Lipinski definition) is 2. The molecule has 0 heterocycles. The van der Waals surface area contributed by atoms with E-state index >= 15 is 0 Å². The van der Waals surface area contributed by atoms with E-state index in [1.54, 1.807) is 0 Å². The van der Waals surface area contributed by atoms with Crippen LogP contribution < -0.4 is 10.1 Å². The molecule has 112 valence electrons. The molecule has 0 fully saturated rings. The first-order valence-electron chi connectivity index (χ1n) is 7.68. The van der Waals surface area contributed by atoms with Crippen LogP contribution in [0.15, 0.2) is 42.5 Å². The molecule has 0 radical (unpaired) electrons. The van der Waals surface area contributed by atoms with Gasteiger partial charge in [-0.1, -0.05) is 45.0 Å². The smallest absolute Gasteiger partial charge is 0.130 e. The van der Waals surface area contributed by atoms with Crippen molar-refractivity contribution in [3.05, 3.63) is 59.2 Å². The summed E-state index contributed by atoms with van der Waals surface area (Å²) in [5.41, 5.74) is 3.76. The van der Waals surface area contributed by atoms with Crippen molar-refractivity contribution < 1.29 is 4.74 Å². The SMILES string of the molecule is CCNCc1ccc(Oc2cccc(C(C)C)c2)c(C)c1. The highest BCUT2D eigenvalue weighted by molar-refractivity contribution is 5.41. The lowest BCUT2D eigenvalue weighted by Crippen LogP contribution is -2.11. The maximum Gasteiger partial charge on any atom is 0.130 e. The largest absolute Gasteiger partial charge is 0.457 e. The van der Waals surface area contributed by atoms with E-state index in [-0.39, 0.29) is 0 Å². The lowest BCUT2D eigenvalue weighted by atomic mass is 10.0. The molecule has 0 aliphatic rings. The van der Waals surface area contributed by atoms with Crippen molar-refractivity contribution in [2.45, 2.75) is 40.2 Å². The summed E-state index contributed by atoms with van der Waals surface area (Å²) in [5.74, 6) is 2.34. The van der Waals surface area contributed by atoms with E-state index in [2.05, 4.69) is 69.4 Å². The Morgan fingerprint density at radius 1 is 1.10 bits per heavy atom. The molecular weight excluding hydrogens is 258 g/mol. The Labute approximate surface area is 128 Å². The van der Waals surface area contributed by atoms with Crippen LogP contribution >= 0.6 is 0 Å². The van der Waals surface area contributed by atoms with Crippen molar-refractivity contribution >= 4 is 0 Å². The molecule has 0 atom stereocenters. The van der Waals surface area contributed by atoms with Gasteiger partial charge >= 0.3 is 0 Å². The van der Waals surface area contributed by atoms with Gasteiger partial charge in [-0.25, -0.2) is 0 Å². The molecule has 0 spiro atoms. The van der Waals surface area contributed by atoms with Gasteiger partial charge in [0.1, 0.15) is 11.5 Å². The zero-order chi connectivity index (χ0) is 15.2. The Kier molecular flexibility index (Phi) is 5.40. The summed E-state index contributed by atoms with van der Waals surface area (Å²) in [4.78, 5) is 0. The molecule has 0 aliphatic heterocycles. The van der Waals surface area contributed by atoms with Crippen molar-refractivity contribution in [2.75, 3.05) is 6.54 Å². The molecule has 0 saturated heterocycles. The monoisotopic (exact) mass is 283 g/mol. The number of hydrogen-bond donors (Lipinski definition) is 1. The quantitative estimate of drug-likeness (QED) is 0.803. The molecule has 2 aromatic rings. The van der Waals surface area contributed by atoms with Crippen molar-refractivity contribution in [3.8, 4) is 11.5 Å². The molecule has 21 heavy (non-hydrogen) atoms. The fourth-order valence-electron chi connectivity index (χ4n) is 2.27. The van der Waals surface area contributed by atoms with Gasteiger partial charge in [-0.2, -0.15) is 0 Å². The predicted molar refractivity (Wildman–Crippen MR) is 89.2 cm³/mol. The molecule has 0 amide bonds. The van der Waals surface area contributed by atoms with Crippen LogP contribution in [0.4, 0.5) is 0 Å². The maximum atomic E-state index is 6.04. The number of rotatable bonds is 6. The van der Waals surface area contributed by atoms with Gasteiger partial charge in [0.05, 0.1) is 0 Å². The number of nitrogens with one attached hydrogen (secondary N) is 1. The van der Waals surface area contributed by atoms with Crippen LogP contribution in [0.25, 0.3) is 0 Å². The van der Waals surface area contributed by atoms with Crippen LogP contribution in [-0.2, 0) is 6.54 Å². The topological polar surface area (TPSA) is 21.3 Å². The molecule has 0 bridgehead atoms. The van der Waals surface area contributed by atoms with Gasteiger partial charge in [0.2, 0.25) is 0 Å². The van der Waals surface area contributed by atoms with E-state index in [1.165, 1.54) is 16.7 Å². The molecule has 1 N–H and O–H groups in total. The summed E-state index contributed by atoms with van der Waals surface area (Å²) in [6, 6.07) is 14.7. The highest BCUT2D eigenvalue weighted by Crippen LogP contribution is 2.28. The number of ether oxygens (including phenoxy) is 1. The van der Waals surface area contributed by atoms with Gasteiger partial charge in [-0.3, -0.25) is 0 Å². The average molecular weight is 283 g/mol. The summed E-state index contributed by atoms with van der Waals surface area (Å²) in [7, 11) is 0. The Balaban J connectivity index is 2.14. The molecule has 0 unspecified atom stereocenters. The second kappa shape index (κ2) is 7.28. The Bertz CT molecular complexity index is 590. The lowest BCUT2D eigenvalue weighted by molar-refractivity contribution is 0.477. The lowest BCUT2D eigenvalue weighted by Gasteiger charge is -2.12. The van der Waals surface area contributed by atoms with Gasteiger partial charge in [-0.15, -0.1) is 0 Å². The summed E-state index contributed by atoms with van der Waals surface area (Å²) in [5, 5.41) is 3.34. The minimum Gasteiger partial charge on any atom is -0.457 e. The van der Waals surface area contributed by atoms with Crippen molar-refractivity contribution in [2.24, 2.45) is 0 Å². The van der Waals surface area contributed by atoms with Crippen LogP contribution in [0.1, 0.15) is 43.4 Å². The molecule has 0 saturated carbocycles. The zero-order valence-corrected chi connectivity index (χ0v) is 13.4. The summed E-state index contributed by atoms with van der Waals surface area (Å²) in [6.07, 6.45) is 0. The van der Waals surface area contributed by atoms with Crippen molar-refractivity contribution in [1.82, 2.24) is 5.32 Å². The van der Waals surface area contributed by atoms with Crippen molar-refractivity contribution in [3.63, 3.8) is 0 Å². The second-order valence-electron chi connectivity index (χ2n) is 5.71. The summed E-state index contributed by atoms with van der Waals surface area (Å²) < 4.78 is 6.04. The first-order chi connectivity index (χ1) is 10.1. The van der Waals surface area contributed by atoms with Crippen LogP contribution in [0, 0.1) is 6.92 Å². The first-order valence-corrected chi connectivity index (χ1v) is 7.68. The standard InChI is InChI=1S/C19H25NO/c1-5-20-13-16-9-10-19(15(4)11-16)21-18-8-6-7-17(12-18)14(2)3/h6-12,14,20H,5,13H2,1-4H3. The van der Waals surface area contributed by atoms with E-state index < -0.39 is 0 Å². The molecule has 0 aliphatic carbocycles. The number of benzene rings is 2. The Morgan fingerprint density at radius 3 is 2.57 bits per heavy atom. The molecule has 2 heteroatoms. The Hall–Kier alpha value is -1.80. The third-order valence-electron chi connectivity index (χ3n) is 3.57. The third kappa shape index (κ3) is 4.33. The minimum absolute atomic E-state index is 0.511. The highest BCUT2D eigenvalue weighted by Gasteiger charge is 2.05. The van der Waals surface area contributed by atoms with Gasteiger partial charge < -0.3 is 10.1 Å². The number of aryl methyl sites for hydroxylation is 1. The van der Waals surface area contributed by atoms with E-state index in [1.807, 2.05) is 6.07 Å². The van der Waals surface area contributed by atoms with Gasteiger partial charge in [0.25, 0.3) is 0 Å². The van der Waals surface area contributed by atoms with Gasteiger partial charge in [-0.05, 0) is 54.3 Å². The fourth-order valence-corrected chi connectivity index (χ4v) is 2.27. The molecule has 2 aromatic carbocycles. The third-order valence-corrected chi connectivity index (χ3v) is 3.57. The van der Waals surface area contributed by atoms with Crippen LogP contribution in [-0.4, -0.2) is 6.54 Å². The van der Waals surface area contributed by atoms with Crippen molar-refractivity contribution in [1.29, 1.82) is 0 Å². The van der Waals surface area contributed by atoms with Crippen LogP contribution in [0.5, 0.6) is 11.5 Å². The Morgan fingerprint density at radius 2 is 1.90 bits per heavy atom. The van der Waals surface area contributed by atoms with Gasteiger partial charge in [0, 0.05) is 6.54 Å².